The monoisotopic (exact) mass is 517 g/mol. The molecule has 4 rings (SSSR count). The van der Waals surface area contributed by atoms with Crippen molar-refractivity contribution in [2.45, 2.75) is 19.4 Å². The quantitative estimate of drug-likeness (QED) is 0.249. The first-order valence-electron chi connectivity index (χ1n) is 10.6. The number of carbonyl (C=O) groups excluding carboxylic acids is 2. The predicted octanol–water partition coefficient (Wildman–Crippen LogP) is 4.79. The van der Waals surface area contributed by atoms with E-state index in [-0.39, 0.29) is 24.7 Å². The summed E-state index contributed by atoms with van der Waals surface area (Å²) in [5.74, 6) is 0.00568. The number of aromatic nitrogens is 1. The van der Waals surface area contributed by atoms with Crippen molar-refractivity contribution in [3.8, 4) is 11.5 Å². The molecule has 10 nitrogen and oxygen atoms in total. The second-order valence-electron chi connectivity index (χ2n) is 7.40. The van der Waals surface area contributed by atoms with E-state index in [9.17, 15) is 19.7 Å². The highest BCUT2D eigenvalue weighted by Gasteiger charge is 2.37. The summed E-state index contributed by atoms with van der Waals surface area (Å²) in [4.78, 5) is 42.2. The van der Waals surface area contributed by atoms with Crippen LogP contribution in [0.2, 0.25) is 5.02 Å². The summed E-state index contributed by atoms with van der Waals surface area (Å²) in [5.41, 5.74) is 2.99. The van der Waals surface area contributed by atoms with Crippen LogP contribution in [0.5, 0.6) is 11.5 Å². The average Bonchev–Trinajstić information content (AvgIpc) is 3.32. The number of amides is 1. The van der Waals surface area contributed by atoms with Crippen LogP contribution in [0.4, 0.5) is 10.5 Å². The van der Waals surface area contributed by atoms with Crippen molar-refractivity contribution in [2.24, 2.45) is 0 Å². The maximum Gasteiger partial charge on any atom is 0.416 e. The molecule has 0 saturated heterocycles. The van der Waals surface area contributed by atoms with Crippen molar-refractivity contribution < 1.29 is 28.7 Å². The van der Waals surface area contributed by atoms with Crippen molar-refractivity contribution in [3.63, 3.8) is 0 Å². The number of hydrogen-bond acceptors (Lipinski definition) is 9. The number of thiazole rings is 1. The highest BCUT2D eigenvalue weighted by molar-refractivity contribution is 7.09. The molecule has 0 saturated carbocycles. The molecule has 3 aromatic rings. The van der Waals surface area contributed by atoms with E-state index in [1.54, 1.807) is 30.6 Å². The molecular formula is C23H20ClN3O7S. The summed E-state index contributed by atoms with van der Waals surface area (Å²) in [6, 6.07) is 9.54. The van der Waals surface area contributed by atoms with Gasteiger partial charge in [-0.2, -0.15) is 0 Å². The standard InChI is InChI=1S/C23H20ClN3O7S/c1-2-32-20(28)12-33-19-8-3-14(24)11-17(19)21-22-18(25-13-35-22)9-10-26(21)23(29)34-16-6-4-15(5-7-16)27(30)31/h3-8,11,13,21H,2,9-10,12H2,1H3. The number of hydrogen-bond donors (Lipinski definition) is 0. The molecule has 12 heteroatoms. The Bertz CT molecular complexity index is 1250. The number of benzene rings is 2. The third-order valence-electron chi connectivity index (χ3n) is 5.23. The van der Waals surface area contributed by atoms with Gasteiger partial charge in [0.2, 0.25) is 0 Å². The lowest BCUT2D eigenvalue weighted by atomic mass is 9.97. The molecule has 0 fully saturated rings. The number of nitrogens with zero attached hydrogens (tertiary/aromatic N) is 3. The van der Waals surface area contributed by atoms with Gasteiger partial charge in [0, 0.05) is 35.7 Å². The van der Waals surface area contributed by atoms with Crippen molar-refractivity contribution >= 4 is 40.7 Å². The first-order valence-corrected chi connectivity index (χ1v) is 11.9. The molecule has 1 aliphatic rings. The number of esters is 1. The van der Waals surface area contributed by atoms with Crippen molar-refractivity contribution in [3.05, 3.63) is 79.2 Å². The fourth-order valence-corrected chi connectivity index (χ4v) is 4.84. The normalized spacial score (nSPS) is 14.7. The SMILES string of the molecule is CCOC(=O)COc1ccc(Cl)cc1C1c2scnc2CCN1C(=O)Oc1ccc([N+](=O)[O-])cc1. The van der Waals surface area contributed by atoms with Gasteiger partial charge in [0.1, 0.15) is 17.5 Å². The summed E-state index contributed by atoms with van der Waals surface area (Å²) >= 11 is 7.68. The fraction of sp³-hybridized carbons (Fsp3) is 0.261. The van der Waals surface area contributed by atoms with Crippen molar-refractivity contribution in [1.29, 1.82) is 0 Å². The average molecular weight is 518 g/mol. The molecule has 0 bridgehead atoms. The van der Waals surface area contributed by atoms with Gasteiger partial charge in [0.15, 0.2) is 6.61 Å². The zero-order valence-electron chi connectivity index (χ0n) is 18.5. The Hall–Kier alpha value is -3.70. The Kier molecular flexibility index (Phi) is 7.47. The lowest BCUT2D eigenvalue weighted by molar-refractivity contribution is -0.384. The van der Waals surface area contributed by atoms with E-state index in [0.29, 0.717) is 29.3 Å². The second kappa shape index (κ2) is 10.7. The number of halogens is 1. The largest absolute Gasteiger partial charge is 0.482 e. The Morgan fingerprint density at radius 2 is 2.03 bits per heavy atom. The van der Waals surface area contributed by atoms with Gasteiger partial charge in [-0.3, -0.25) is 15.0 Å². The number of rotatable bonds is 7. The van der Waals surface area contributed by atoms with Crippen molar-refractivity contribution in [1.82, 2.24) is 9.88 Å². The number of fused-ring (bicyclic) bond motifs is 1. The summed E-state index contributed by atoms with van der Waals surface area (Å²) in [5, 5.41) is 11.3. The van der Waals surface area contributed by atoms with E-state index in [2.05, 4.69) is 4.98 Å². The van der Waals surface area contributed by atoms with E-state index in [4.69, 9.17) is 25.8 Å². The van der Waals surface area contributed by atoms with Gasteiger partial charge < -0.3 is 14.2 Å². The minimum atomic E-state index is -0.653. The van der Waals surface area contributed by atoms with Crippen LogP contribution in [0.15, 0.2) is 48.0 Å². The van der Waals surface area contributed by atoms with Gasteiger partial charge in [-0.05, 0) is 37.3 Å². The molecule has 1 aromatic heterocycles. The van der Waals surface area contributed by atoms with E-state index in [0.717, 1.165) is 10.6 Å². The van der Waals surface area contributed by atoms with E-state index >= 15 is 0 Å². The molecule has 0 aliphatic carbocycles. The van der Waals surface area contributed by atoms with Crippen LogP contribution < -0.4 is 9.47 Å². The molecule has 182 valence electrons. The Morgan fingerprint density at radius 3 is 2.74 bits per heavy atom. The first kappa shape index (κ1) is 24.4. The zero-order valence-corrected chi connectivity index (χ0v) is 20.1. The fourth-order valence-electron chi connectivity index (χ4n) is 3.69. The zero-order chi connectivity index (χ0) is 24.9. The number of nitro benzene ring substituents is 1. The van der Waals surface area contributed by atoms with Crippen LogP contribution in [-0.4, -0.2) is 46.6 Å². The maximum absolute atomic E-state index is 13.3. The molecule has 1 amide bonds. The Labute approximate surface area is 209 Å². The highest BCUT2D eigenvalue weighted by atomic mass is 35.5. The van der Waals surface area contributed by atoms with Crippen LogP contribution in [-0.2, 0) is 16.0 Å². The van der Waals surface area contributed by atoms with Crippen LogP contribution in [0.3, 0.4) is 0 Å². The molecule has 0 N–H and O–H groups in total. The number of non-ortho nitro benzene ring substituents is 1. The topological polar surface area (TPSA) is 121 Å². The van der Waals surface area contributed by atoms with Gasteiger partial charge in [0.25, 0.3) is 5.69 Å². The molecular weight excluding hydrogens is 498 g/mol. The van der Waals surface area contributed by atoms with E-state index < -0.39 is 23.0 Å². The van der Waals surface area contributed by atoms with E-state index in [1.807, 2.05) is 0 Å². The molecule has 1 atom stereocenters. The smallest absolute Gasteiger partial charge is 0.416 e. The maximum atomic E-state index is 13.3. The molecule has 1 aliphatic heterocycles. The molecule has 35 heavy (non-hydrogen) atoms. The minimum Gasteiger partial charge on any atom is -0.482 e. The van der Waals surface area contributed by atoms with Crippen LogP contribution >= 0.6 is 22.9 Å². The van der Waals surface area contributed by atoms with Crippen LogP contribution in [0.25, 0.3) is 0 Å². The summed E-state index contributed by atoms with van der Waals surface area (Å²) in [6.07, 6.45) is -0.135. The predicted molar refractivity (Wildman–Crippen MR) is 127 cm³/mol. The first-order chi connectivity index (χ1) is 16.9. The van der Waals surface area contributed by atoms with Crippen LogP contribution in [0, 0.1) is 10.1 Å². The third kappa shape index (κ3) is 5.52. The summed E-state index contributed by atoms with van der Waals surface area (Å²) < 4.78 is 16.2. The Balaban J connectivity index is 1.65. The molecule has 1 unspecified atom stereocenters. The number of carbonyl (C=O) groups is 2. The molecule has 2 aromatic carbocycles. The number of nitro groups is 1. The van der Waals surface area contributed by atoms with Gasteiger partial charge in [-0.15, -0.1) is 11.3 Å². The summed E-state index contributed by atoms with van der Waals surface area (Å²) in [6.45, 7) is 1.92. The van der Waals surface area contributed by atoms with Gasteiger partial charge >= 0.3 is 12.1 Å². The lowest BCUT2D eigenvalue weighted by Gasteiger charge is -2.35. The molecule has 2 heterocycles. The van der Waals surface area contributed by atoms with Gasteiger partial charge in [-0.25, -0.2) is 14.6 Å². The third-order valence-corrected chi connectivity index (χ3v) is 6.39. The van der Waals surface area contributed by atoms with Gasteiger partial charge in [0.05, 0.1) is 27.6 Å². The molecule has 0 radical (unpaired) electrons. The van der Waals surface area contributed by atoms with Crippen molar-refractivity contribution in [2.75, 3.05) is 19.8 Å². The van der Waals surface area contributed by atoms with E-state index in [1.165, 1.54) is 40.5 Å². The Morgan fingerprint density at radius 1 is 1.26 bits per heavy atom. The second-order valence-corrected chi connectivity index (χ2v) is 8.73. The van der Waals surface area contributed by atoms with Gasteiger partial charge in [-0.1, -0.05) is 11.6 Å². The van der Waals surface area contributed by atoms with Crippen LogP contribution in [0.1, 0.15) is 29.1 Å². The lowest BCUT2D eigenvalue weighted by Crippen LogP contribution is -2.42. The highest BCUT2D eigenvalue weighted by Crippen LogP contribution is 2.42. The number of ether oxygens (including phenoxy) is 3. The molecule has 0 spiro atoms. The minimum absolute atomic E-state index is 0.114. The summed E-state index contributed by atoms with van der Waals surface area (Å²) in [7, 11) is 0.